The molecule has 0 saturated carbocycles. The minimum absolute atomic E-state index is 0.529. The molecule has 5 heteroatoms. The number of nitrogens with one attached hydrogen (secondary N) is 1. The molecule has 1 heterocycles. The molecule has 2 rings (SSSR count). The number of aromatic nitrogens is 1. The minimum atomic E-state index is -0.639. The monoisotopic (exact) mass is 218 g/mol. The number of ketones is 1. The van der Waals surface area contributed by atoms with Gasteiger partial charge in [-0.1, -0.05) is 0 Å². The molecule has 16 heavy (non-hydrogen) atoms. The van der Waals surface area contributed by atoms with E-state index in [4.69, 9.17) is 4.42 Å². The Labute approximate surface area is 91.5 Å². The van der Waals surface area contributed by atoms with Gasteiger partial charge < -0.3 is 9.73 Å². The molecule has 2 aromatic rings. The van der Waals surface area contributed by atoms with Crippen molar-refractivity contribution in [3.05, 3.63) is 24.1 Å². The Kier molecular flexibility index (Phi) is 2.44. The predicted octanol–water partition coefficient (Wildman–Crippen LogP) is 1.66. The summed E-state index contributed by atoms with van der Waals surface area (Å²) in [6, 6.07) is 5.02. The zero-order chi connectivity index (χ0) is 11.7. The van der Waals surface area contributed by atoms with Crippen LogP contribution >= 0.6 is 0 Å². The summed E-state index contributed by atoms with van der Waals surface area (Å²) in [7, 11) is 0. The summed E-state index contributed by atoms with van der Waals surface area (Å²) < 4.78 is 5.28. The van der Waals surface area contributed by atoms with Crippen molar-refractivity contribution < 1.29 is 14.0 Å². The third kappa shape index (κ3) is 1.93. The highest BCUT2D eigenvalue weighted by Crippen LogP contribution is 2.19. The van der Waals surface area contributed by atoms with Crippen molar-refractivity contribution in [1.29, 1.82) is 0 Å². The van der Waals surface area contributed by atoms with Crippen molar-refractivity contribution in [2.75, 3.05) is 5.32 Å². The highest BCUT2D eigenvalue weighted by Gasteiger charge is 2.09. The van der Waals surface area contributed by atoms with Crippen LogP contribution in [0.25, 0.3) is 11.1 Å². The maximum Gasteiger partial charge on any atom is 0.291 e. The smallest absolute Gasteiger partial charge is 0.291 e. The van der Waals surface area contributed by atoms with E-state index in [0.29, 0.717) is 22.7 Å². The topological polar surface area (TPSA) is 72.2 Å². The maximum atomic E-state index is 11.1. The number of fused-ring (bicyclic) bond motifs is 1. The predicted molar refractivity (Wildman–Crippen MR) is 58.1 cm³/mol. The van der Waals surface area contributed by atoms with Gasteiger partial charge in [-0.25, -0.2) is 4.98 Å². The van der Waals surface area contributed by atoms with E-state index in [0.717, 1.165) is 0 Å². The number of hydrogen-bond acceptors (Lipinski definition) is 4. The third-order valence-electron chi connectivity index (χ3n) is 2.07. The number of amides is 1. The summed E-state index contributed by atoms with van der Waals surface area (Å²) in [6.07, 6.45) is 0. The van der Waals surface area contributed by atoms with Gasteiger partial charge in [-0.05, 0) is 18.2 Å². The second-order valence-corrected chi connectivity index (χ2v) is 3.43. The lowest BCUT2D eigenvalue weighted by atomic mass is 10.2. The van der Waals surface area contributed by atoms with Gasteiger partial charge in [0.15, 0.2) is 11.5 Å². The fraction of sp³-hybridized carbons (Fsp3) is 0.182. The van der Waals surface area contributed by atoms with Crippen LogP contribution in [0.2, 0.25) is 0 Å². The molecule has 0 saturated heterocycles. The Balaban J connectivity index is 2.32. The molecule has 0 radical (unpaired) electrons. The molecular weight excluding hydrogens is 208 g/mol. The molecular formula is C11H10N2O3. The van der Waals surface area contributed by atoms with E-state index < -0.39 is 11.7 Å². The molecule has 0 aliphatic heterocycles. The van der Waals surface area contributed by atoms with E-state index in [-0.39, 0.29) is 0 Å². The summed E-state index contributed by atoms with van der Waals surface area (Å²) in [5.41, 5.74) is 1.83. The van der Waals surface area contributed by atoms with Crippen LogP contribution < -0.4 is 5.32 Å². The van der Waals surface area contributed by atoms with E-state index in [1.807, 2.05) is 0 Å². The van der Waals surface area contributed by atoms with Crippen molar-refractivity contribution >= 4 is 28.5 Å². The number of aryl methyl sites for hydroxylation is 1. The van der Waals surface area contributed by atoms with Gasteiger partial charge in [0.1, 0.15) is 5.52 Å². The highest BCUT2D eigenvalue weighted by atomic mass is 16.3. The van der Waals surface area contributed by atoms with Crippen molar-refractivity contribution in [3.63, 3.8) is 0 Å². The molecule has 0 unspecified atom stereocenters. The Hall–Kier alpha value is -2.17. The molecule has 1 aromatic carbocycles. The average molecular weight is 218 g/mol. The summed E-state index contributed by atoms with van der Waals surface area (Å²) in [4.78, 5) is 26.0. The number of anilines is 1. The van der Waals surface area contributed by atoms with Gasteiger partial charge in [0, 0.05) is 19.5 Å². The number of carbonyl (C=O) groups excluding carboxylic acids is 2. The SMILES string of the molecule is CC(=O)C(=O)Nc1ccc2oc(C)nc2c1. The Morgan fingerprint density at radius 1 is 1.38 bits per heavy atom. The van der Waals surface area contributed by atoms with Crippen LogP contribution in [0.4, 0.5) is 5.69 Å². The lowest BCUT2D eigenvalue weighted by molar-refractivity contribution is -0.133. The molecule has 0 atom stereocenters. The lowest BCUT2D eigenvalue weighted by Gasteiger charge is -2.01. The molecule has 1 amide bonds. The number of rotatable bonds is 2. The molecule has 0 aliphatic rings. The number of nitrogens with zero attached hydrogens (tertiary/aromatic N) is 1. The highest BCUT2D eigenvalue weighted by molar-refractivity contribution is 6.39. The van der Waals surface area contributed by atoms with Gasteiger partial charge in [0.2, 0.25) is 5.78 Å². The van der Waals surface area contributed by atoms with Crippen LogP contribution in [-0.4, -0.2) is 16.7 Å². The number of Topliss-reactive ketones (excluding diaryl/α,β-unsaturated/α-hetero) is 1. The fourth-order valence-corrected chi connectivity index (χ4v) is 1.34. The Morgan fingerprint density at radius 3 is 2.81 bits per heavy atom. The number of hydrogen-bond donors (Lipinski definition) is 1. The maximum absolute atomic E-state index is 11.1. The number of oxazole rings is 1. The molecule has 0 fully saturated rings. The second-order valence-electron chi connectivity index (χ2n) is 3.43. The first-order chi connectivity index (χ1) is 7.56. The van der Waals surface area contributed by atoms with E-state index >= 15 is 0 Å². The van der Waals surface area contributed by atoms with Crippen LogP contribution in [0, 0.1) is 6.92 Å². The zero-order valence-corrected chi connectivity index (χ0v) is 8.90. The summed E-state index contributed by atoms with van der Waals surface area (Å²) in [5.74, 6) is -0.610. The van der Waals surface area contributed by atoms with Crippen LogP contribution in [0.5, 0.6) is 0 Å². The molecule has 1 aromatic heterocycles. The first-order valence-corrected chi connectivity index (χ1v) is 4.75. The zero-order valence-electron chi connectivity index (χ0n) is 8.90. The van der Waals surface area contributed by atoms with E-state index in [1.54, 1.807) is 25.1 Å². The van der Waals surface area contributed by atoms with Crippen molar-refractivity contribution in [2.45, 2.75) is 13.8 Å². The first-order valence-electron chi connectivity index (χ1n) is 4.75. The van der Waals surface area contributed by atoms with Crippen LogP contribution in [0.15, 0.2) is 22.6 Å². The van der Waals surface area contributed by atoms with E-state index in [9.17, 15) is 9.59 Å². The Morgan fingerprint density at radius 2 is 2.12 bits per heavy atom. The lowest BCUT2D eigenvalue weighted by Crippen LogP contribution is -2.19. The van der Waals surface area contributed by atoms with Crippen LogP contribution in [0.1, 0.15) is 12.8 Å². The third-order valence-corrected chi connectivity index (χ3v) is 2.07. The van der Waals surface area contributed by atoms with Crippen LogP contribution in [0.3, 0.4) is 0 Å². The molecule has 5 nitrogen and oxygen atoms in total. The standard InChI is InChI=1S/C11H10N2O3/c1-6(14)11(15)13-8-3-4-10-9(5-8)12-7(2)16-10/h3-5H,1-2H3,(H,13,15). The number of carbonyl (C=O) groups is 2. The number of benzene rings is 1. The van der Waals surface area contributed by atoms with Crippen molar-refractivity contribution in [3.8, 4) is 0 Å². The summed E-state index contributed by atoms with van der Waals surface area (Å²) in [5, 5.41) is 2.47. The first kappa shape index (κ1) is 10.4. The molecule has 0 bridgehead atoms. The van der Waals surface area contributed by atoms with Gasteiger partial charge >= 0.3 is 0 Å². The summed E-state index contributed by atoms with van der Waals surface area (Å²) >= 11 is 0. The molecule has 0 aliphatic carbocycles. The fourth-order valence-electron chi connectivity index (χ4n) is 1.34. The Bertz CT molecular complexity index is 572. The van der Waals surface area contributed by atoms with Gasteiger partial charge in [0.25, 0.3) is 5.91 Å². The molecule has 82 valence electrons. The van der Waals surface area contributed by atoms with Gasteiger partial charge in [-0.2, -0.15) is 0 Å². The average Bonchev–Trinajstić information content (AvgIpc) is 2.57. The van der Waals surface area contributed by atoms with E-state index in [2.05, 4.69) is 10.3 Å². The second kappa shape index (κ2) is 3.77. The van der Waals surface area contributed by atoms with Crippen molar-refractivity contribution in [1.82, 2.24) is 4.98 Å². The normalized spacial score (nSPS) is 10.4. The molecule has 0 spiro atoms. The summed E-state index contributed by atoms with van der Waals surface area (Å²) in [6.45, 7) is 2.96. The van der Waals surface area contributed by atoms with Gasteiger partial charge in [0.05, 0.1) is 0 Å². The van der Waals surface area contributed by atoms with Gasteiger partial charge in [-0.3, -0.25) is 9.59 Å². The van der Waals surface area contributed by atoms with Gasteiger partial charge in [-0.15, -0.1) is 0 Å². The van der Waals surface area contributed by atoms with Crippen molar-refractivity contribution in [2.24, 2.45) is 0 Å². The quantitative estimate of drug-likeness (QED) is 0.778. The molecule has 1 N–H and O–H groups in total. The van der Waals surface area contributed by atoms with E-state index in [1.165, 1.54) is 6.92 Å². The minimum Gasteiger partial charge on any atom is -0.441 e. The van der Waals surface area contributed by atoms with Crippen LogP contribution in [-0.2, 0) is 9.59 Å². The largest absolute Gasteiger partial charge is 0.441 e.